The first kappa shape index (κ1) is 25.0. The van der Waals surface area contributed by atoms with E-state index < -0.39 is 15.9 Å². The summed E-state index contributed by atoms with van der Waals surface area (Å²) in [5.74, 6) is -0.466. The Morgan fingerprint density at radius 1 is 1.18 bits per heavy atom. The number of fused-ring (bicyclic) bond motifs is 1. The molecule has 2 atom stereocenters. The summed E-state index contributed by atoms with van der Waals surface area (Å²) in [6.07, 6.45) is -0.365. The Hall–Kier alpha value is -2.08. The van der Waals surface area contributed by atoms with Crippen molar-refractivity contribution in [2.75, 3.05) is 26.8 Å². The van der Waals surface area contributed by atoms with E-state index in [4.69, 9.17) is 21.1 Å². The highest BCUT2D eigenvalue weighted by molar-refractivity contribution is 7.89. The predicted octanol–water partition coefficient (Wildman–Crippen LogP) is 3.54. The molecule has 0 bridgehead atoms. The molecule has 2 heterocycles. The summed E-state index contributed by atoms with van der Waals surface area (Å²) in [4.78, 5) is 17.9. The van der Waals surface area contributed by atoms with Crippen molar-refractivity contribution in [2.45, 2.75) is 37.5 Å². The van der Waals surface area contributed by atoms with E-state index >= 15 is 0 Å². The Morgan fingerprint density at radius 3 is 2.50 bits per heavy atom. The SMILES string of the molecule is COCCn1c(=NC(=O)c2ccc(S(=O)(=O)N3CC(C)OC(C)C3)cc2)sc2cccc(Cl)c21. The fourth-order valence-electron chi connectivity index (χ4n) is 3.96. The van der Waals surface area contributed by atoms with Gasteiger partial charge in [0.2, 0.25) is 10.0 Å². The number of morpholine rings is 1. The molecule has 1 aromatic heterocycles. The number of carbonyl (C=O) groups is 1. The first-order valence-corrected chi connectivity index (χ1v) is 13.5. The van der Waals surface area contributed by atoms with Gasteiger partial charge in [-0.25, -0.2) is 8.42 Å². The minimum Gasteiger partial charge on any atom is -0.383 e. The average Bonchev–Trinajstić information content (AvgIpc) is 3.15. The lowest BCUT2D eigenvalue weighted by Gasteiger charge is -2.34. The van der Waals surface area contributed by atoms with Gasteiger partial charge in [-0.15, -0.1) is 0 Å². The summed E-state index contributed by atoms with van der Waals surface area (Å²) in [6, 6.07) is 11.4. The van der Waals surface area contributed by atoms with Crippen LogP contribution in [0.25, 0.3) is 10.2 Å². The highest BCUT2D eigenvalue weighted by Crippen LogP contribution is 2.26. The van der Waals surface area contributed by atoms with Crippen LogP contribution in [0.3, 0.4) is 0 Å². The zero-order chi connectivity index (χ0) is 24.5. The van der Waals surface area contributed by atoms with Crippen LogP contribution in [0.4, 0.5) is 0 Å². The van der Waals surface area contributed by atoms with Crippen molar-refractivity contribution < 1.29 is 22.7 Å². The fraction of sp³-hybridized carbons (Fsp3) is 0.391. The standard InChI is InChI=1S/C23H26ClN3O5S2/c1-15-13-26(14-16(2)32-15)34(29,30)18-9-7-17(8-10-18)22(28)25-23-27(11-12-31-3)21-19(24)5-4-6-20(21)33-23/h4-10,15-16H,11-14H2,1-3H3. The van der Waals surface area contributed by atoms with E-state index in [2.05, 4.69) is 4.99 Å². The highest BCUT2D eigenvalue weighted by atomic mass is 35.5. The fourth-order valence-corrected chi connectivity index (χ4v) is 6.96. The molecule has 0 aliphatic carbocycles. The predicted molar refractivity (Wildman–Crippen MR) is 132 cm³/mol. The van der Waals surface area contributed by atoms with E-state index in [-0.39, 0.29) is 17.1 Å². The number of benzene rings is 2. The first-order chi connectivity index (χ1) is 16.2. The number of para-hydroxylation sites is 1. The number of halogens is 1. The molecule has 0 spiro atoms. The van der Waals surface area contributed by atoms with Gasteiger partial charge in [0.05, 0.1) is 38.9 Å². The van der Waals surface area contributed by atoms with Crippen molar-refractivity contribution in [3.05, 3.63) is 57.9 Å². The summed E-state index contributed by atoms with van der Waals surface area (Å²) < 4.78 is 41.2. The van der Waals surface area contributed by atoms with Crippen LogP contribution in [0.1, 0.15) is 24.2 Å². The smallest absolute Gasteiger partial charge is 0.279 e. The Bertz CT molecular complexity index is 1360. The highest BCUT2D eigenvalue weighted by Gasteiger charge is 2.32. The number of sulfonamides is 1. The number of hydrogen-bond acceptors (Lipinski definition) is 6. The molecule has 0 saturated carbocycles. The van der Waals surface area contributed by atoms with Gasteiger partial charge in [-0.2, -0.15) is 9.30 Å². The summed E-state index contributed by atoms with van der Waals surface area (Å²) in [6.45, 7) is 5.20. The van der Waals surface area contributed by atoms with E-state index in [0.717, 1.165) is 10.2 Å². The molecule has 8 nitrogen and oxygen atoms in total. The lowest BCUT2D eigenvalue weighted by atomic mass is 10.2. The van der Waals surface area contributed by atoms with Crippen molar-refractivity contribution in [3.8, 4) is 0 Å². The molecule has 1 aliphatic heterocycles. The van der Waals surface area contributed by atoms with E-state index in [9.17, 15) is 13.2 Å². The summed E-state index contributed by atoms with van der Waals surface area (Å²) >= 11 is 7.76. The molecular formula is C23H26ClN3O5S2. The van der Waals surface area contributed by atoms with Gasteiger partial charge >= 0.3 is 0 Å². The van der Waals surface area contributed by atoms with Gasteiger partial charge in [-0.05, 0) is 50.2 Å². The second kappa shape index (κ2) is 10.3. The maximum atomic E-state index is 13.1. The van der Waals surface area contributed by atoms with Crippen molar-refractivity contribution in [3.63, 3.8) is 0 Å². The number of aromatic nitrogens is 1. The number of carbonyl (C=O) groups excluding carboxylic acids is 1. The van der Waals surface area contributed by atoms with Gasteiger partial charge in [0.15, 0.2) is 4.80 Å². The second-order valence-electron chi connectivity index (χ2n) is 8.14. The number of methoxy groups -OCH3 is 1. The minimum absolute atomic E-state index is 0.133. The van der Waals surface area contributed by atoms with E-state index in [1.165, 1.54) is 39.9 Å². The van der Waals surface area contributed by atoms with Crippen molar-refractivity contribution in [1.29, 1.82) is 0 Å². The third-order valence-electron chi connectivity index (χ3n) is 5.49. The number of ether oxygens (including phenoxy) is 2. The Labute approximate surface area is 207 Å². The lowest BCUT2D eigenvalue weighted by molar-refractivity contribution is -0.0440. The van der Waals surface area contributed by atoms with E-state index in [0.29, 0.717) is 41.6 Å². The maximum Gasteiger partial charge on any atom is 0.279 e. The van der Waals surface area contributed by atoms with Crippen LogP contribution in [0.2, 0.25) is 5.02 Å². The van der Waals surface area contributed by atoms with Crippen molar-refractivity contribution in [1.82, 2.24) is 8.87 Å². The molecule has 182 valence electrons. The summed E-state index contributed by atoms with van der Waals surface area (Å²) in [7, 11) is -2.08. The molecule has 0 N–H and O–H groups in total. The monoisotopic (exact) mass is 523 g/mol. The molecule has 3 aromatic rings. The molecule has 1 amide bonds. The van der Waals surface area contributed by atoms with Gasteiger partial charge in [0.1, 0.15) is 0 Å². The third kappa shape index (κ3) is 5.12. The number of thiazole rings is 1. The third-order valence-corrected chi connectivity index (χ3v) is 8.69. The van der Waals surface area contributed by atoms with Crippen molar-refractivity contribution >= 4 is 49.1 Å². The number of rotatable bonds is 6. The molecule has 1 fully saturated rings. The van der Waals surface area contributed by atoms with Crippen LogP contribution in [-0.4, -0.2) is 62.2 Å². The van der Waals surface area contributed by atoms with Crippen LogP contribution in [0, 0.1) is 0 Å². The normalized spacial score (nSPS) is 20.2. The zero-order valence-electron chi connectivity index (χ0n) is 19.1. The lowest BCUT2D eigenvalue weighted by Crippen LogP contribution is -2.48. The Balaban J connectivity index is 1.64. The second-order valence-corrected chi connectivity index (χ2v) is 11.5. The molecular weight excluding hydrogens is 498 g/mol. The van der Waals surface area contributed by atoms with Gasteiger partial charge in [0, 0.05) is 32.3 Å². The van der Waals surface area contributed by atoms with Crippen LogP contribution >= 0.6 is 22.9 Å². The molecule has 2 aromatic carbocycles. The number of hydrogen-bond donors (Lipinski definition) is 0. The molecule has 1 aliphatic rings. The maximum absolute atomic E-state index is 13.1. The number of amides is 1. The molecule has 34 heavy (non-hydrogen) atoms. The molecule has 11 heteroatoms. The summed E-state index contributed by atoms with van der Waals surface area (Å²) in [5, 5.41) is 0.570. The quantitative estimate of drug-likeness (QED) is 0.493. The van der Waals surface area contributed by atoms with Crippen LogP contribution in [0.5, 0.6) is 0 Å². The van der Waals surface area contributed by atoms with Crippen molar-refractivity contribution in [2.24, 2.45) is 4.99 Å². The number of nitrogens with zero attached hydrogens (tertiary/aromatic N) is 3. The van der Waals surface area contributed by atoms with Gasteiger partial charge in [0.25, 0.3) is 5.91 Å². The Morgan fingerprint density at radius 2 is 1.85 bits per heavy atom. The Kier molecular flexibility index (Phi) is 7.56. The average molecular weight is 524 g/mol. The summed E-state index contributed by atoms with van der Waals surface area (Å²) in [5.41, 5.74) is 1.10. The van der Waals surface area contributed by atoms with Gasteiger partial charge < -0.3 is 14.0 Å². The van der Waals surface area contributed by atoms with Crippen LogP contribution < -0.4 is 4.80 Å². The van der Waals surface area contributed by atoms with Gasteiger partial charge in [-0.3, -0.25) is 4.79 Å². The molecule has 2 unspecified atom stereocenters. The van der Waals surface area contributed by atoms with E-state index in [1.807, 2.05) is 30.5 Å². The topological polar surface area (TPSA) is 90.2 Å². The minimum atomic E-state index is -3.69. The largest absolute Gasteiger partial charge is 0.383 e. The first-order valence-electron chi connectivity index (χ1n) is 10.8. The van der Waals surface area contributed by atoms with Gasteiger partial charge in [-0.1, -0.05) is 29.0 Å². The molecule has 0 radical (unpaired) electrons. The zero-order valence-corrected chi connectivity index (χ0v) is 21.5. The van der Waals surface area contributed by atoms with Crippen LogP contribution in [0.15, 0.2) is 52.4 Å². The molecule has 1 saturated heterocycles. The van der Waals surface area contributed by atoms with Crippen LogP contribution in [-0.2, 0) is 26.0 Å². The van der Waals surface area contributed by atoms with E-state index in [1.54, 1.807) is 13.2 Å². The molecule has 4 rings (SSSR count).